The maximum Gasteiger partial charge on any atom is 0.234 e. The molecule has 2 N–H and O–H groups in total. The Morgan fingerprint density at radius 1 is 1.12 bits per heavy atom. The second-order valence-electron chi connectivity index (χ2n) is 7.36. The fourth-order valence-electron chi connectivity index (χ4n) is 3.22. The molecule has 2 amide bonds. The summed E-state index contributed by atoms with van der Waals surface area (Å²) < 4.78 is 7.02. The summed E-state index contributed by atoms with van der Waals surface area (Å²) in [6.45, 7) is 4.40. The number of hydrogen-bond acceptors (Lipinski definition) is 6. The Labute approximate surface area is 212 Å². The number of rotatable bonds is 10. The second-order valence-corrected chi connectivity index (χ2v) is 9.15. The highest BCUT2D eigenvalue weighted by Gasteiger charge is 2.20. The molecular weight excluding hydrogens is 497 g/mol. The van der Waals surface area contributed by atoms with Gasteiger partial charge in [0.2, 0.25) is 11.8 Å². The zero-order valence-corrected chi connectivity index (χ0v) is 21.3. The monoisotopic (exact) mass is 521 g/mol. The molecule has 0 bridgehead atoms. The van der Waals surface area contributed by atoms with E-state index in [0.29, 0.717) is 33.3 Å². The van der Waals surface area contributed by atoms with Crippen molar-refractivity contribution in [1.29, 1.82) is 0 Å². The lowest BCUT2D eigenvalue weighted by molar-refractivity contribution is -0.121. The van der Waals surface area contributed by atoms with Crippen molar-refractivity contribution in [3.63, 3.8) is 0 Å². The highest BCUT2D eigenvalue weighted by molar-refractivity contribution is 7.99. The average Bonchev–Trinajstić information content (AvgIpc) is 3.23. The first kappa shape index (κ1) is 25.9. The number of carbonyl (C=O) groups excluding carboxylic acids is 2. The van der Waals surface area contributed by atoms with Gasteiger partial charge in [-0.1, -0.05) is 47.1 Å². The lowest BCUT2D eigenvalue weighted by Crippen LogP contribution is -2.30. The SMILES string of the molecule is CCn1c(SCC(=O)Nc2ccc(Cl)cc2Cl)nnc1C(C)NC(=O)Cc1ccc(OC)cc1. The van der Waals surface area contributed by atoms with Crippen LogP contribution in [-0.4, -0.2) is 39.4 Å². The summed E-state index contributed by atoms with van der Waals surface area (Å²) in [5, 5.41) is 15.6. The normalized spacial score (nSPS) is 11.7. The van der Waals surface area contributed by atoms with Crippen molar-refractivity contribution >= 4 is 52.5 Å². The fraction of sp³-hybridized carbons (Fsp3) is 0.304. The maximum atomic E-state index is 12.5. The molecule has 0 spiro atoms. The molecule has 3 rings (SSSR count). The Hall–Kier alpha value is -2.75. The first-order valence-corrected chi connectivity index (χ1v) is 12.3. The van der Waals surface area contributed by atoms with E-state index in [-0.39, 0.29) is 30.0 Å². The van der Waals surface area contributed by atoms with Crippen LogP contribution in [0.2, 0.25) is 10.0 Å². The third-order valence-electron chi connectivity index (χ3n) is 4.89. The number of benzene rings is 2. The van der Waals surface area contributed by atoms with E-state index in [2.05, 4.69) is 20.8 Å². The van der Waals surface area contributed by atoms with Crippen molar-refractivity contribution in [1.82, 2.24) is 20.1 Å². The molecule has 180 valence electrons. The highest BCUT2D eigenvalue weighted by atomic mass is 35.5. The molecule has 2 aromatic carbocycles. The van der Waals surface area contributed by atoms with Crippen molar-refractivity contribution in [2.45, 2.75) is 38.0 Å². The lowest BCUT2D eigenvalue weighted by Gasteiger charge is -2.15. The summed E-state index contributed by atoms with van der Waals surface area (Å²) in [5.74, 6) is 1.12. The molecule has 34 heavy (non-hydrogen) atoms. The fourth-order valence-corrected chi connectivity index (χ4v) is 4.48. The molecule has 1 unspecified atom stereocenters. The first-order chi connectivity index (χ1) is 16.3. The summed E-state index contributed by atoms with van der Waals surface area (Å²) >= 11 is 13.3. The predicted molar refractivity (Wildman–Crippen MR) is 135 cm³/mol. The number of thioether (sulfide) groups is 1. The lowest BCUT2D eigenvalue weighted by atomic mass is 10.1. The molecule has 0 fully saturated rings. The summed E-state index contributed by atoms with van der Waals surface area (Å²) in [7, 11) is 1.60. The third-order valence-corrected chi connectivity index (χ3v) is 6.40. The molecule has 0 radical (unpaired) electrons. The van der Waals surface area contributed by atoms with Crippen molar-refractivity contribution in [2.75, 3.05) is 18.2 Å². The minimum Gasteiger partial charge on any atom is -0.497 e. The number of hydrogen-bond donors (Lipinski definition) is 2. The highest BCUT2D eigenvalue weighted by Crippen LogP contribution is 2.26. The van der Waals surface area contributed by atoms with Gasteiger partial charge in [0.25, 0.3) is 0 Å². The summed E-state index contributed by atoms with van der Waals surface area (Å²) in [6.07, 6.45) is 0.240. The standard InChI is InChI=1S/C23H25Cl2N5O3S/c1-4-30-22(14(2)26-20(31)11-15-5-8-17(33-3)9-6-15)28-29-23(30)34-13-21(32)27-19-10-7-16(24)12-18(19)25/h5-10,12,14H,4,11,13H2,1-3H3,(H,26,31)(H,27,32). The molecule has 0 aliphatic rings. The van der Waals surface area contributed by atoms with E-state index in [1.165, 1.54) is 11.8 Å². The van der Waals surface area contributed by atoms with E-state index in [0.717, 1.165) is 11.3 Å². The minimum absolute atomic E-state index is 0.120. The van der Waals surface area contributed by atoms with Crippen LogP contribution in [0.3, 0.4) is 0 Å². The zero-order chi connectivity index (χ0) is 24.7. The van der Waals surface area contributed by atoms with Crippen molar-refractivity contribution < 1.29 is 14.3 Å². The van der Waals surface area contributed by atoms with Crippen molar-refractivity contribution in [3.8, 4) is 5.75 Å². The Bertz CT molecular complexity index is 1150. The average molecular weight is 522 g/mol. The van der Waals surface area contributed by atoms with Gasteiger partial charge in [-0.05, 0) is 49.7 Å². The second kappa shape index (κ2) is 12.1. The van der Waals surface area contributed by atoms with Crippen LogP contribution in [0.15, 0.2) is 47.6 Å². The Balaban J connectivity index is 1.57. The van der Waals surface area contributed by atoms with Crippen LogP contribution >= 0.6 is 35.0 Å². The Kier molecular flexibility index (Phi) is 9.20. The quantitative estimate of drug-likeness (QED) is 0.373. The van der Waals surface area contributed by atoms with Gasteiger partial charge in [0.1, 0.15) is 5.75 Å². The molecule has 1 aromatic heterocycles. The minimum atomic E-state index is -0.353. The molecule has 0 saturated carbocycles. The molecule has 11 heteroatoms. The topological polar surface area (TPSA) is 98.1 Å². The smallest absolute Gasteiger partial charge is 0.234 e. The van der Waals surface area contributed by atoms with Gasteiger partial charge in [-0.25, -0.2) is 0 Å². The van der Waals surface area contributed by atoms with Gasteiger partial charge in [-0.2, -0.15) is 0 Å². The number of aromatic nitrogens is 3. The van der Waals surface area contributed by atoms with E-state index in [9.17, 15) is 9.59 Å². The molecule has 0 aliphatic carbocycles. The van der Waals surface area contributed by atoms with Gasteiger partial charge in [0.15, 0.2) is 11.0 Å². The molecule has 0 aliphatic heterocycles. The van der Waals surface area contributed by atoms with Crippen LogP contribution in [0.1, 0.15) is 31.3 Å². The third kappa shape index (κ3) is 6.88. The number of methoxy groups -OCH3 is 1. The van der Waals surface area contributed by atoms with E-state index in [1.807, 2.05) is 42.7 Å². The van der Waals surface area contributed by atoms with Crippen LogP contribution in [0.5, 0.6) is 5.75 Å². The number of nitrogens with one attached hydrogen (secondary N) is 2. The zero-order valence-electron chi connectivity index (χ0n) is 19.0. The number of ether oxygens (including phenoxy) is 1. The molecule has 8 nitrogen and oxygen atoms in total. The Morgan fingerprint density at radius 2 is 1.85 bits per heavy atom. The number of anilines is 1. The van der Waals surface area contributed by atoms with Gasteiger partial charge in [-0.15, -0.1) is 10.2 Å². The maximum absolute atomic E-state index is 12.5. The van der Waals surface area contributed by atoms with Crippen LogP contribution in [0.4, 0.5) is 5.69 Å². The van der Waals surface area contributed by atoms with E-state index >= 15 is 0 Å². The van der Waals surface area contributed by atoms with Crippen molar-refractivity contribution in [2.24, 2.45) is 0 Å². The van der Waals surface area contributed by atoms with E-state index in [1.54, 1.807) is 25.3 Å². The van der Waals surface area contributed by atoms with Gasteiger partial charge in [0.05, 0.1) is 36.0 Å². The summed E-state index contributed by atoms with van der Waals surface area (Å²) in [5.41, 5.74) is 1.37. The van der Waals surface area contributed by atoms with E-state index in [4.69, 9.17) is 27.9 Å². The van der Waals surface area contributed by atoms with E-state index < -0.39 is 0 Å². The first-order valence-electron chi connectivity index (χ1n) is 10.5. The number of carbonyl (C=O) groups is 2. The summed E-state index contributed by atoms with van der Waals surface area (Å²) in [6, 6.07) is 11.9. The molecule has 1 atom stereocenters. The molecule has 0 saturated heterocycles. The summed E-state index contributed by atoms with van der Waals surface area (Å²) in [4.78, 5) is 24.9. The molecule has 3 aromatic rings. The number of nitrogens with zero attached hydrogens (tertiary/aromatic N) is 3. The largest absolute Gasteiger partial charge is 0.497 e. The van der Waals surface area contributed by atoms with Gasteiger partial charge >= 0.3 is 0 Å². The molecule has 1 heterocycles. The van der Waals surface area contributed by atoms with Crippen LogP contribution in [-0.2, 0) is 22.6 Å². The molecular formula is C23H25Cl2N5O3S. The van der Waals surface area contributed by atoms with Crippen LogP contribution in [0.25, 0.3) is 0 Å². The van der Waals surface area contributed by atoms with Gasteiger partial charge in [0, 0.05) is 11.6 Å². The number of amides is 2. The number of halogens is 2. The van der Waals surface area contributed by atoms with Crippen LogP contribution in [0, 0.1) is 0 Å². The van der Waals surface area contributed by atoms with Crippen molar-refractivity contribution in [3.05, 3.63) is 63.9 Å². The van der Waals surface area contributed by atoms with Gasteiger partial charge < -0.3 is 19.9 Å². The van der Waals surface area contributed by atoms with Crippen LogP contribution < -0.4 is 15.4 Å². The Morgan fingerprint density at radius 3 is 2.50 bits per heavy atom. The van der Waals surface area contributed by atoms with Gasteiger partial charge in [-0.3, -0.25) is 9.59 Å². The predicted octanol–water partition coefficient (Wildman–Crippen LogP) is 4.76.